The van der Waals surface area contributed by atoms with Crippen molar-refractivity contribution >= 4 is 17.5 Å². The Morgan fingerprint density at radius 2 is 2.10 bits per heavy atom. The van der Waals surface area contributed by atoms with Crippen LogP contribution in [0, 0.1) is 11.3 Å². The third kappa shape index (κ3) is 4.84. The lowest BCUT2D eigenvalue weighted by molar-refractivity contribution is 0.0926. The second kappa shape index (κ2) is 8.10. The van der Waals surface area contributed by atoms with Gasteiger partial charge in [-0.25, -0.2) is 0 Å². The van der Waals surface area contributed by atoms with Crippen LogP contribution in [-0.2, 0) is 12.0 Å². The lowest BCUT2D eigenvalue weighted by Crippen LogP contribution is -2.36. The standard InChI is InChI=1S/C21H22ClN5O2/c1-13(24-20(28)18-10-19(29-26-18)21(2,3)4)12-27-8-7-17(25-27)14-5-6-15(11-23)16(22)9-14/h5-10,13H,12H2,1-4H3,(H,24,28)/t13-/m0/s1. The van der Waals surface area contributed by atoms with Crippen molar-refractivity contribution in [1.29, 1.82) is 5.26 Å². The summed E-state index contributed by atoms with van der Waals surface area (Å²) in [6.07, 6.45) is 1.83. The molecule has 8 heteroatoms. The van der Waals surface area contributed by atoms with Gasteiger partial charge in [-0.15, -0.1) is 0 Å². The summed E-state index contributed by atoms with van der Waals surface area (Å²) in [7, 11) is 0. The summed E-state index contributed by atoms with van der Waals surface area (Å²) in [6.45, 7) is 8.36. The molecule has 0 aliphatic rings. The van der Waals surface area contributed by atoms with Gasteiger partial charge in [-0.05, 0) is 25.1 Å². The minimum Gasteiger partial charge on any atom is -0.360 e. The number of nitrogens with zero attached hydrogens (tertiary/aromatic N) is 4. The highest BCUT2D eigenvalue weighted by atomic mass is 35.5. The molecule has 0 fully saturated rings. The Morgan fingerprint density at radius 1 is 1.34 bits per heavy atom. The van der Waals surface area contributed by atoms with Crippen LogP contribution in [-0.4, -0.2) is 26.9 Å². The molecule has 1 amide bonds. The van der Waals surface area contributed by atoms with Crippen LogP contribution >= 0.6 is 11.6 Å². The van der Waals surface area contributed by atoms with E-state index in [4.69, 9.17) is 21.4 Å². The van der Waals surface area contributed by atoms with Crippen molar-refractivity contribution in [2.45, 2.75) is 45.7 Å². The fourth-order valence-electron chi connectivity index (χ4n) is 2.74. The molecule has 0 aliphatic heterocycles. The van der Waals surface area contributed by atoms with E-state index in [-0.39, 0.29) is 23.1 Å². The van der Waals surface area contributed by atoms with Crippen LogP contribution in [0.3, 0.4) is 0 Å². The molecule has 3 rings (SSSR count). The number of hydrogen-bond donors (Lipinski definition) is 1. The van der Waals surface area contributed by atoms with Crippen LogP contribution in [0.1, 0.15) is 49.5 Å². The zero-order valence-corrected chi connectivity index (χ0v) is 17.5. The van der Waals surface area contributed by atoms with Crippen LogP contribution in [0.15, 0.2) is 41.1 Å². The molecular formula is C21H22ClN5O2. The molecule has 1 N–H and O–H groups in total. The molecule has 3 aromatic rings. The number of nitriles is 1. The first kappa shape index (κ1) is 20.6. The lowest BCUT2D eigenvalue weighted by Gasteiger charge is -2.13. The third-order valence-corrected chi connectivity index (χ3v) is 4.66. The third-order valence-electron chi connectivity index (χ3n) is 4.35. The molecule has 0 radical (unpaired) electrons. The topological polar surface area (TPSA) is 96.7 Å². The first-order chi connectivity index (χ1) is 13.7. The van der Waals surface area contributed by atoms with Crippen molar-refractivity contribution in [2.75, 3.05) is 0 Å². The normalized spacial score (nSPS) is 12.4. The van der Waals surface area contributed by atoms with Gasteiger partial charge in [0, 0.05) is 29.3 Å². The van der Waals surface area contributed by atoms with Crippen LogP contribution in [0.5, 0.6) is 0 Å². The van der Waals surface area contributed by atoms with Gasteiger partial charge in [0.2, 0.25) is 0 Å². The van der Waals surface area contributed by atoms with Crippen LogP contribution in [0.25, 0.3) is 11.3 Å². The Bertz CT molecular complexity index is 1070. The van der Waals surface area contributed by atoms with Crippen molar-refractivity contribution in [3.8, 4) is 17.3 Å². The summed E-state index contributed by atoms with van der Waals surface area (Å²) < 4.78 is 7.02. The summed E-state index contributed by atoms with van der Waals surface area (Å²) in [4.78, 5) is 12.4. The number of benzene rings is 1. The average molecular weight is 412 g/mol. The minimum atomic E-state index is -0.289. The SMILES string of the molecule is C[C@@H](Cn1ccc(-c2ccc(C#N)c(Cl)c2)n1)NC(=O)c1cc(C(C)(C)C)on1. The first-order valence-corrected chi connectivity index (χ1v) is 9.56. The number of halogens is 1. The molecule has 0 aliphatic carbocycles. The van der Waals surface area contributed by atoms with Crippen molar-refractivity contribution < 1.29 is 9.32 Å². The quantitative estimate of drug-likeness (QED) is 0.679. The van der Waals surface area contributed by atoms with E-state index in [2.05, 4.69) is 15.6 Å². The molecule has 0 unspecified atom stereocenters. The monoisotopic (exact) mass is 411 g/mol. The van der Waals surface area contributed by atoms with Crippen molar-refractivity contribution in [1.82, 2.24) is 20.3 Å². The highest BCUT2D eigenvalue weighted by Gasteiger charge is 2.22. The number of aromatic nitrogens is 3. The van der Waals surface area contributed by atoms with E-state index < -0.39 is 0 Å². The molecule has 0 spiro atoms. The van der Waals surface area contributed by atoms with Crippen LogP contribution in [0.4, 0.5) is 0 Å². The van der Waals surface area contributed by atoms with Gasteiger partial charge >= 0.3 is 0 Å². The highest BCUT2D eigenvalue weighted by molar-refractivity contribution is 6.32. The van der Waals surface area contributed by atoms with Gasteiger partial charge in [0.25, 0.3) is 5.91 Å². The minimum absolute atomic E-state index is 0.172. The fraction of sp³-hybridized carbons (Fsp3) is 0.333. The summed E-state index contributed by atoms with van der Waals surface area (Å²) >= 11 is 6.10. The van der Waals surface area contributed by atoms with Crippen molar-refractivity contribution in [3.63, 3.8) is 0 Å². The number of carbonyl (C=O) groups excluding carboxylic acids is 1. The molecule has 150 valence electrons. The van der Waals surface area contributed by atoms with Gasteiger partial charge in [-0.2, -0.15) is 10.4 Å². The van der Waals surface area contributed by atoms with E-state index in [1.807, 2.05) is 46.0 Å². The van der Waals surface area contributed by atoms with E-state index in [1.54, 1.807) is 28.9 Å². The lowest BCUT2D eigenvalue weighted by atomic mass is 9.93. The molecule has 0 saturated carbocycles. The molecule has 0 saturated heterocycles. The van der Waals surface area contributed by atoms with Gasteiger partial charge in [0.1, 0.15) is 11.8 Å². The van der Waals surface area contributed by atoms with Crippen molar-refractivity contribution in [3.05, 3.63) is 58.6 Å². The van der Waals surface area contributed by atoms with Crippen LogP contribution in [0.2, 0.25) is 5.02 Å². The fourth-order valence-corrected chi connectivity index (χ4v) is 2.96. The molecule has 7 nitrogen and oxygen atoms in total. The molecular weight excluding hydrogens is 390 g/mol. The van der Waals surface area contributed by atoms with Crippen LogP contribution < -0.4 is 5.32 Å². The molecule has 1 atom stereocenters. The summed E-state index contributed by atoms with van der Waals surface area (Å²) in [5.74, 6) is 0.371. The Morgan fingerprint density at radius 3 is 2.72 bits per heavy atom. The smallest absolute Gasteiger partial charge is 0.273 e. The molecule has 0 bridgehead atoms. The second-order valence-corrected chi connectivity index (χ2v) is 8.34. The maximum atomic E-state index is 12.4. The number of nitrogens with one attached hydrogen (secondary N) is 1. The largest absolute Gasteiger partial charge is 0.360 e. The molecule has 29 heavy (non-hydrogen) atoms. The maximum Gasteiger partial charge on any atom is 0.273 e. The highest BCUT2D eigenvalue weighted by Crippen LogP contribution is 2.24. The second-order valence-electron chi connectivity index (χ2n) is 7.93. The summed E-state index contributed by atoms with van der Waals surface area (Å²) in [5, 5.41) is 20.7. The predicted octanol–water partition coefficient (Wildman–Crippen LogP) is 4.18. The number of hydrogen-bond acceptors (Lipinski definition) is 5. The maximum absolute atomic E-state index is 12.4. The van der Waals surface area contributed by atoms with E-state index >= 15 is 0 Å². The number of carbonyl (C=O) groups is 1. The Balaban J connectivity index is 1.64. The molecule has 1 aromatic carbocycles. The zero-order chi connectivity index (χ0) is 21.2. The van der Waals surface area contributed by atoms with E-state index in [9.17, 15) is 4.79 Å². The number of amides is 1. The van der Waals surface area contributed by atoms with Gasteiger partial charge < -0.3 is 9.84 Å². The summed E-state index contributed by atoms with van der Waals surface area (Å²) in [5.41, 5.74) is 2.03. The Hall–Kier alpha value is -3.11. The van der Waals surface area contributed by atoms with E-state index in [0.717, 1.165) is 11.3 Å². The van der Waals surface area contributed by atoms with Gasteiger partial charge in [0.15, 0.2) is 5.69 Å². The van der Waals surface area contributed by atoms with Crippen molar-refractivity contribution in [2.24, 2.45) is 0 Å². The molecule has 2 heterocycles. The zero-order valence-electron chi connectivity index (χ0n) is 16.7. The molecule has 2 aromatic heterocycles. The number of rotatable bonds is 5. The first-order valence-electron chi connectivity index (χ1n) is 9.19. The average Bonchev–Trinajstić information content (AvgIpc) is 3.31. The van der Waals surface area contributed by atoms with Gasteiger partial charge in [0.05, 0.1) is 22.8 Å². The van der Waals surface area contributed by atoms with E-state index in [1.165, 1.54) is 0 Å². The Kier molecular flexibility index (Phi) is 5.76. The summed E-state index contributed by atoms with van der Waals surface area (Å²) in [6, 6.07) is 10.6. The van der Waals surface area contributed by atoms with Gasteiger partial charge in [-0.3, -0.25) is 9.48 Å². The van der Waals surface area contributed by atoms with E-state index in [0.29, 0.717) is 22.9 Å². The van der Waals surface area contributed by atoms with Gasteiger partial charge in [-0.1, -0.05) is 43.6 Å². The Labute approximate surface area is 174 Å². The predicted molar refractivity (Wildman–Crippen MR) is 110 cm³/mol.